The molecule has 7 nitrogen and oxygen atoms in total. The lowest BCUT2D eigenvalue weighted by Crippen LogP contribution is -2.54. The molecule has 0 aromatic heterocycles. The molecule has 0 aromatic carbocycles. The van der Waals surface area contributed by atoms with Crippen LogP contribution in [-0.2, 0) is 33.2 Å². The minimum atomic E-state index is -3.64. The Kier molecular flexibility index (Phi) is 3.69. The Hall–Kier alpha value is -0.250. The van der Waals surface area contributed by atoms with Crippen LogP contribution in [0.4, 0.5) is 0 Å². The highest BCUT2D eigenvalue weighted by Gasteiger charge is 2.53. The molecule has 0 amide bonds. The highest BCUT2D eigenvalue weighted by molar-refractivity contribution is 7.86. The van der Waals surface area contributed by atoms with E-state index in [2.05, 4.69) is 0 Å². The third kappa shape index (κ3) is 3.01. The van der Waals surface area contributed by atoms with Gasteiger partial charge in [0.1, 0.15) is 12.2 Å². The molecule has 2 heterocycles. The molecule has 0 bridgehead atoms. The maximum absolute atomic E-state index is 11.3. The Balaban J connectivity index is 2.20. The zero-order chi connectivity index (χ0) is 13.6. The first-order valence-corrected chi connectivity index (χ1v) is 7.42. The Morgan fingerprint density at radius 2 is 1.94 bits per heavy atom. The van der Waals surface area contributed by atoms with Gasteiger partial charge in [0.05, 0.1) is 12.9 Å². The van der Waals surface area contributed by atoms with E-state index in [1.807, 2.05) is 0 Å². The molecule has 2 saturated heterocycles. The van der Waals surface area contributed by atoms with Crippen molar-refractivity contribution < 1.29 is 31.5 Å². The maximum Gasteiger partial charge on any atom is 0.264 e. The average molecular weight is 282 g/mol. The molecule has 106 valence electrons. The summed E-state index contributed by atoms with van der Waals surface area (Å²) in [5.41, 5.74) is 0. The number of hydrogen-bond donors (Lipinski definition) is 0. The Bertz CT molecular complexity index is 404. The lowest BCUT2D eigenvalue weighted by atomic mass is 10.1. The van der Waals surface area contributed by atoms with Gasteiger partial charge < -0.3 is 18.9 Å². The third-order valence-corrected chi connectivity index (χ3v) is 3.33. The summed E-state index contributed by atoms with van der Waals surface area (Å²) in [7, 11) is -2.22. The number of rotatable bonds is 3. The zero-order valence-corrected chi connectivity index (χ0v) is 11.6. The lowest BCUT2D eigenvalue weighted by molar-refractivity contribution is -0.233. The number of fused-ring (bicyclic) bond motifs is 1. The lowest BCUT2D eigenvalue weighted by Gasteiger charge is -2.35. The maximum atomic E-state index is 11.3. The molecule has 2 rings (SSSR count). The second-order valence-corrected chi connectivity index (χ2v) is 6.44. The normalized spacial score (nSPS) is 39.6. The van der Waals surface area contributed by atoms with Crippen LogP contribution in [0.5, 0.6) is 0 Å². The molecule has 0 aliphatic carbocycles. The fraction of sp³-hybridized carbons (Fsp3) is 1.00. The molecule has 2 aliphatic rings. The van der Waals surface area contributed by atoms with E-state index in [4.69, 9.17) is 23.1 Å². The number of hydrogen-bond acceptors (Lipinski definition) is 7. The molecule has 0 aromatic rings. The first-order chi connectivity index (χ1) is 8.22. The number of ether oxygens (including phenoxy) is 4. The van der Waals surface area contributed by atoms with Crippen molar-refractivity contribution in [3.63, 3.8) is 0 Å². The van der Waals surface area contributed by atoms with E-state index < -0.39 is 34.4 Å². The molecule has 0 spiro atoms. The first-order valence-electron chi connectivity index (χ1n) is 5.60. The van der Waals surface area contributed by atoms with Gasteiger partial charge >= 0.3 is 0 Å². The van der Waals surface area contributed by atoms with Gasteiger partial charge in [-0.1, -0.05) is 0 Å². The molecule has 18 heavy (non-hydrogen) atoms. The molecular weight excluding hydrogens is 264 g/mol. The van der Waals surface area contributed by atoms with Crippen molar-refractivity contribution in [2.24, 2.45) is 0 Å². The summed E-state index contributed by atoms with van der Waals surface area (Å²) in [5, 5.41) is 0. The van der Waals surface area contributed by atoms with E-state index in [-0.39, 0.29) is 12.7 Å². The third-order valence-electron chi connectivity index (χ3n) is 2.76. The smallest absolute Gasteiger partial charge is 0.264 e. The monoisotopic (exact) mass is 282 g/mol. The van der Waals surface area contributed by atoms with Crippen LogP contribution >= 0.6 is 0 Å². The van der Waals surface area contributed by atoms with Crippen LogP contribution in [0, 0.1) is 0 Å². The van der Waals surface area contributed by atoms with Crippen LogP contribution < -0.4 is 0 Å². The molecule has 2 fully saturated rings. The van der Waals surface area contributed by atoms with Gasteiger partial charge in [0.15, 0.2) is 18.2 Å². The van der Waals surface area contributed by atoms with Gasteiger partial charge in [-0.2, -0.15) is 8.42 Å². The number of methoxy groups -OCH3 is 1. The fourth-order valence-corrected chi connectivity index (χ4v) is 2.82. The van der Waals surface area contributed by atoms with Gasteiger partial charge in [-0.25, -0.2) is 0 Å². The van der Waals surface area contributed by atoms with Crippen molar-refractivity contribution in [2.75, 3.05) is 20.0 Å². The second-order valence-electron chi connectivity index (χ2n) is 4.84. The Labute approximate surface area is 106 Å². The van der Waals surface area contributed by atoms with Gasteiger partial charge in [0.2, 0.25) is 0 Å². The highest BCUT2D eigenvalue weighted by Crippen LogP contribution is 2.36. The van der Waals surface area contributed by atoms with Gasteiger partial charge in [0, 0.05) is 7.11 Å². The summed E-state index contributed by atoms with van der Waals surface area (Å²) in [6.45, 7) is 3.78. The SMILES string of the molecule is COC1OCC2OC(C)(C)OC2C1OS(C)(=O)=O. The first kappa shape index (κ1) is 14.2. The zero-order valence-electron chi connectivity index (χ0n) is 10.8. The van der Waals surface area contributed by atoms with Gasteiger partial charge in [-0.15, -0.1) is 0 Å². The molecule has 4 unspecified atom stereocenters. The van der Waals surface area contributed by atoms with Crippen LogP contribution in [0.1, 0.15) is 13.8 Å². The summed E-state index contributed by atoms with van der Waals surface area (Å²) < 4.78 is 49.3. The predicted octanol–water partition coefficient (Wildman–Crippen LogP) is -0.146. The van der Waals surface area contributed by atoms with E-state index in [0.717, 1.165) is 6.26 Å². The van der Waals surface area contributed by atoms with Crippen molar-refractivity contribution in [2.45, 2.75) is 44.2 Å². The molecule has 0 N–H and O–H groups in total. The highest BCUT2D eigenvalue weighted by atomic mass is 32.2. The summed E-state index contributed by atoms with van der Waals surface area (Å²) in [4.78, 5) is 0. The van der Waals surface area contributed by atoms with Crippen molar-refractivity contribution in [3.8, 4) is 0 Å². The molecular formula is C10H18O7S. The van der Waals surface area contributed by atoms with E-state index in [9.17, 15) is 8.42 Å². The van der Waals surface area contributed by atoms with E-state index in [1.165, 1.54) is 7.11 Å². The Morgan fingerprint density at radius 1 is 1.28 bits per heavy atom. The van der Waals surface area contributed by atoms with Crippen molar-refractivity contribution in [3.05, 3.63) is 0 Å². The predicted molar refractivity (Wildman–Crippen MR) is 60.3 cm³/mol. The van der Waals surface area contributed by atoms with Crippen molar-refractivity contribution >= 4 is 10.1 Å². The van der Waals surface area contributed by atoms with Crippen molar-refractivity contribution in [1.82, 2.24) is 0 Å². The largest absolute Gasteiger partial charge is 0.353 e. The van der Waals surface area contributed by atoms with E-state index >= 15 is 0 Å². The minimum Gasteiger partial charge on any atom is -0.353 e. The van der Waals surface area contributed by atoms with Crippen molar-refractivity contribution in [1.29, 1.82) is 0 Å². The van der Waals surface area contributed by atoms with Crippen LogP contribution in [0.3, 0.4) is 0 Å². The second kappa shape index (κ2) is 4.69. The standard InChI is InChI=1S/C10H18O7S/c1-10(2)15-6-5-14-9(13-3)8(7(6)16-10)17-18(4,11)12/h6-9H,5H2,1-4H3. The molecule has 2 aliphatic heterocycles. The van der Waals surface area contributed by atoms with Gasteiger partial charge in [-0.3, -0.25) is 4.18 Å². The molecule has 0 radical (unpaired) electrons. The summed E-state index contributed by atoms with van der Waals surface area (Å²) in [5.74, 6) is -0.791. The molecule has 8 heteroatoms. The molecule has 0 saturated carbocycles. The van der Waals surface area contributed by atoms with Crippen LogP contribution in [0.25, 0.3) is 0 Å². The van der Waals surface area contributed by atoms with E-state index in [1.54, 1.807) is 13.8 Å². The summed E-state index contributed by atoms with van der Waals surface area (Å²) >= 11 is 0. The van der Waals surface area contributed by atoms with Crippen LogP contribution in [0.15, 0.2) is 0 Å². The fourth-order valence-electron chi connectivity index (χ4n) is 2.21. The Morgan fingerprint density at radius 3 is 2.50 bits per heavy atom. The average Bonchev–Trinajstić information content (AvgIpc) is 2.51. The quantitative estimate of drug-likeness (QED) is 0.666. The minimum absolute atomic E-state index is 0.274. The summed E-state index contributed by atoms with van der Waals surface area (Å²) in [6, 6.07) is 0. The van der Waals surface area contributed by atoms with Crippen LogP contribution in [0.2, 0.25) is 0 Å². The van der Waals surface area contributed by atoms with E-state index in [0.29, 0.717) is 0 Å². The summed E-state index contributed by atoms with van der Waals surface area (Å²) in [6.07, 6.45) is -1.58. The van der Waals surface area contributed by atoms with Crippen LogP contribution in [-0.4, -0.2) is 58.8 Å². The van der Waals surface area contributed by atoms with Gasteiger partial charge in [-0.05, 0) is 13.8 Å². The molecule has 4 atom stereocenters. The van der Waals surface area contributed by atoms with Gasteiger partial charge in [0.25, 0.3) is 10.1 Å². The topological polar surface area (TPSA) is 80.3 Å².